The normalized spacial score (nSPS) is 18.9. The predicted octanol–water partition coefficient (Wildman–Crippen LogP) is 2.20. The van der Waals surface area contributed by atoms with Gasteiger partial charge in [0.05, 0.1) is 12.6 Å². The van der Waals surface area contributed by atoms with Gasteiger partial charge in [0.25, 0.3) is 5.91 Å². The number of amides is 1. The monoisotopic (exact) mass is 502 g/mol. The highest BCUT2D eigenvalue weighted by Crippen LogP contribution is 2.18. The third-order valence-electron chi connectivity index (χ3n) is 4.50. The first-order valence-electron chi connectivity index (χ1n) is 9.88. The fourth-order valence-electron chi connectivity index (χ4n) is 2.91. The summed E-state index contributed by atoms with van der Waals surface area (Å²) in [4.78, 5) is 16.4. The zero-order chi connectivity index (χ0) is 18.9. The number of ether oxygens (including phenoxy) is 2. The van der Waals surface area contributed by atoms with Gasteiger partial charge < -0.3 is 25.4 Å². The Kier molecular flexibility index (Phi) is 9.83. The van der Waals surface area contributed by atoms with E-state index in [1.807, 2.05) is 31.2 Å². The number of carbonyl (C=O) groups is 1. The van der Waals surface area contributed by atoms with Crippen molar-refractivity contribution in [3.63, 3.8) is 0 Å². The lowest BCUT2D eigenvalue weighted by Gasteiger charge is -2.15. The van der Waals surface area contributed by atoms with Crippen LogP contribution in [0.25, 0.3) is 0 Å². The summed E-state index contributed by atoms with van der Waals surface area (Å²) in [6.45, 7) is 5.05. The van der Waals surface area contributed by atoms with E-state index in [0.717, 1.165) is 56.9 Å². The third kappa shape index (κ3) is 8.22. The van der Waals surface area contributed by atoms with Crippen molar-refractivity contribution in [2.45, 2.75) is 51.3 Å². The number of nitrogens with zero attached hydrogens (tertiary/aromatic N) is 1. The molecule has 0 spiro atoms. The SMILES string of the molecule is CCNC(=NCc1cccc(OCC(=O)NC2CC2)c1)NCC1CCCO1.I. The van der Waals surface area contributed by atoms with Crippen molar-refractivity contribution >= 4 is 35.8 Å². The van der Waals surface area contributed by atoms with Crippen LogP contribution in [0.15, 0.2) is 29.3 Å². The highest BCUT2D eigenvalue weighted by atomic mass is 127. The molecule has 1 aliphatic carbocycles. The Morgan fingerprint density at radius 2 is 2.14 bits per heavy atom. The second-order valence-electron chi connectivity index (χ2n) is 6.99. The number of benzene rings is 1. The second kappa shape index (κ2) is 12.1. The molecule has 7 nitrogen and oxygen atoms in total. The van der Waals surface area contributed by atoms with Crippen LogP contribution >= 0.6 is 24.0 Å². The van der Waals surface area contributed by atoms with E-state index in [2.05, 4.69) is 20.9 Å². The molecule has 0 aromatic heterocycles. The molecule has 1 aromatic carbocycles. The summed E-state index contributed by atoms with van der Waals surface area (Å²) in [7, 11) is 0. The van der Waals surface area contributed by atoms with Gasteiger partial charge in [-0.05, 0) is 50.3 Å². The van der Waals surface area contributed by atoms with Gasteiger partial charge in [0.15, 0.2) is 12.6 Å². The van der Waals surface area contributed by atoms with E-state index in [0.29, 0.717) is 18.3 Å². The lowest BCUT2D eigenvalue weighted by molar-refractivity contribution is -0.123. The van der Waals surface area contributed by atoms with Gasteiger partial charge in [0, 0.05) is 25.7 Å². The third-order valence-corrected chi connectivity index (χ3v) is 4.50. The van der Waals surface area contributed by atoms with Crippen molar-refractivity contribution in [2.24, 2.45) is 4.99 Å². The van der Waals surface area contributed by atoms with Crippen LogP contribution in [0.3, 0.4) is 0 Å². The first-order chi connectivity index (χ1) is 13.2. The minimum absolute atomic E-state index is 0. The van der Waals surface area contributed by atoms with Crippen LogP contribution in [0.4, 0.5) is 0 Å². The van der Waals surface area contributed by atoms with Gasteiger partial charge in [-0.25, -0.2) is 4.99 Å². The van der Waals surface area contributed by atoms with E-state index in [9.17, 15) is 4.79 Å². The van der Waals surface area contributed by atoms with Crippen LogP contribution in [0.1, 0.15) is 38.2 Å². The molecular weight excluding hydrogens is 471 g/mol. The Labute approximate surface area is 184 Å². The molecule has 1 atom stereocenters. The number of nitrogens with one attached hydrogen (secondary N) is 3. The maximum Gasteiger partial charge on any atom is 0.258 e. The van der Waals surface area contributed by atoms with Crippen molar-refractivity contribution < 1.29 is 14.3 Å². The molecule has 1 saturated carbocycles. The molecular formula is C20H31IN4O3. The van der Waals surface area contributed by atoms with Gasteiger partial charge in [0.2, 0.25) is 0 Å². The fraction of sp³-hybridized carbons (Fsp3) is 0.600. The molecule has 1 amide bonds. The van der Waals surface area contributed by atoms with Crippen LogP contribution in [-0.2, 0) is 16.1 Å². The van der Waals surface area contributed by atoms with Crippen LogP contribution in [-0.4, -0.2) is 50.3 Å². The summed E-state index contributed by atoms with van der Waals surface area (Å²) in [5.41, 5.74) is 1.03. The zero-order valence-corrected chi connectivity index (χ0v) is 18.7. The Hall–Kier alpha value is -1.55. The van der Waals surface area contributed by atoms with Gasteiger partial charge in [0.1, 0.15) is 5.75 Å². The molecule has 0 bridgehead atoms. The summed E-state index contributed by atoms with van der Waals surface area (Å²) in [5, 5.41) is 9.51. The van der Waals surface area contributed by atoms with Crippen LogP contribution in [0, 0.1) is 0 Å². The highest BCUT2D eigenvalue weighted by Gasteiger charge is 2.23. The van der Waals surface area contributed by atoms with Gasteiger partial charge in [-0.1, -0.05) is 12.1 Å². The first-order valence-corrected chi connectivity index (χ1v) is 9.88. The average molecular weight is 502 g/mol. The number of aliphatic imine (C=N–C) groups is 1. The van der Waals surface area contributed by atoms with Gasteiger partial charge in [-0.15, -0.1) is 24.0 Å². The molecule has 2 fully saturated rings. The predicted molar refractivity (Wildman–Crippen MR) is 120 cm³/mol. The molecule has 0 radical (unpaired) electrons. The average Bonchev–Trinajstić information content (AvgIpc) is 3.33. The molecule has 1 aromatic rings. The van der Waals surface area contributed by atoms with Gasteiger partial charge in [-0.3, -0.25) is 4.79 Å². The lowest BCUT2D eigenvalue weighted by Crippen LogP contribution is -2.41. The molecule has 156 valence electrons. The molecule has 2 aliphatic rings. The zero-order valence-electron chi connectivity index (χ0n) is 16.4. The van der Waals surface area contributed by atoms with Crippen LogP contribution in [0.2, 0.25) is 0 Å². The van der Waals surface area contributed by atoms with E-state index >= 15 is 0 Å². The molecule has 8 heteroatoms. The van der Waals surface area contributed by atoms with Crippen LogP contribution < -0.4 is 20.7 Å². The number of hydrogen-bond donors (Lipinski definition) is 3. The number of hydrogen-bond acceptors (Lipinski definition) is 4. The number of carbonyl (C=O) groups excluding carboxylic acids is 1. The molecule has 1 unspecified atom stereocenters. The maximum atomic E-state index is 11.7. The number of halogens is 1. The van der Waals surface area contributed by atoms with Gasteiger partial charge in [-0.2, -0.15) is 0 Å². The topological polar surface area (TPSA) is 84.0 Å². The quantitative estimate of drug-likeness (QED) is 0.274. The molecule has 3 rings (SSSR count). The molecule has 28 heavy (non-hydrogen) atoms. The second-order valence-corrected chi connectivity index (χ2v) is 6.99. The van der Waals surface area contributed by atoms with Crippen molar-refractivity contribution in [1.29, 1.82) is 0 Å². The van der Waals surface area contributed by atoms with E-state index in [-0.39, 0.29) is 42.6 Å². The number of rotatable bonds is 9. The summed E-state index contributed by atoms with van der Waals surface area (Å²) < 4.78 is 11.2. The minimum Gasteiger partial charge on any atom is -0.484 e. The van der Waals surface area contributed by atoms with E-state index in [4.69, 9.17) is 9.47 Å². The molecule has 1 aliphatic heterocycles. The smallest absolute Gasteiger partial charge is 0.258 e. The largest absolute Gasteiger partial charge is 0.484 e. The van der Waals surface area contributed by atoms with Crippen molar-refractivity contribution in [1.82, 2.24) is 16.0 Å². The maximum absolute atomic E-state index is 11.7. The van der Waals surface area contributed by atoms with Crippen molar-refractivity contribution in [3.05, 3.63) is 29.8 Å². The Morgan fingerprint density at radius 3 is 2.86 bits per heavy atom. The fourth-order valence-corrected chi connectivity index (χ4v) is 2.91. The lowest BCUT2D eigenvalue weighted by atomic mass is 10.2. The Balaban J connectivity index is 0.00000280. The first kappa shape index (κ1) is 22.7. The minimum atomic E-state index is -0.0614. The van der Waals surface area contributed by atoms with Crippen molar-refractivity contribution in [3.8, 4) is 5.75 Å². The van der Waals surface area contributed by atoms with E-state index < -0.39 is 0 Å². The molecule has 3 N–H and O–H groups in total. The number of guanidine groups is 1. The summed E-state index contributed by atoms with van der Waals surface area (Å²) in [5.74, 6) is 1.41. The molecule has 1 heterocycles. The molecule has 1 saturated heterocycles. The Morgan fingerprint density at radius 1 is 1.29 bits per heavy atom. The summed E-state index contributed by atoms with van der Waals surface area (Å²) >= 11 is 0. The summed E-state index contributed by atoms with van der Waals surface area (Å²) in [6.07, 6.45) is 4.65. The van der Waals surface area contributed by atoms with E-state index in [1.165, 1.54) is 0 Å². The summed E-state index contributed by atoms with van der Waals surface area (Å²) in [6, 6.07) is 8.07. The van der Waals surface area contributed by atoms with Crippen LogP contribution in [0.5, 0.6) is 5.75 Å². The highest BCUT2D eigenvalue weighted by molar-refractivity contribution is 14.0. The standard InChI is InChI=1S/C20H30N4O3.HI/c1-2-21-20(23-13-18-7-4-10-26-18)22-12-15-5-3-6-17(11-15)27-14-19(25)24-16-8-9-16;/h3,5-6,11,16,18H,2,4,7-10,12-14H2,1H3,(H,24,25)(H2,21,22,23);1H. The van der Waals surface area contributed by atoms with Crippen molar-refractivity contribution in [2.75, 3.05) is 26.3 Å². The van der Waals surface area contributed by atoms with E-state index in [1.54, 1.807) is 0 Å². The Bertz CT molecular complexity index is 646. The van der Waals surface area contributed by atoms with Gasteiger partial charge >= 0.3 is 0 Å².